The Balaban J connectivity index is 1.28. The van der Waals surface area contributed by atoms with Crippen molar-refractivity contribution < 1.29 is 13.6 Å². The fourth-order valence-electron chi connectivity index (χ4n) is 4.59. The van der Waals surface area contributed by atoms with E-state index in [4.69, 9.17) is 0 Å². The van der Waals surface area contributed by atoms with E-state index in [9.17, 15) is 18.4 Å². The van der Waals surface area contributed by atoms with Crippen molar-refractivity contribution in [1.82, 2.24) is 34.2 Å². The second-order valence-electron chi connectivity index (χ2n) is 9.14. The highest BCUT2D eigenvalue weighted by Gasteiger charge is 2.23. The van der Waals surface area contributed by atoms with E-state index in [0.29, 0.717) is 25.1 Å². The maximum atomic E-state index is 13.5. The summed E-state index contributed by atoms with van der Waals surface area (Å²) in [6, 6.07) is 8.32. The predicted molar refractivity (Wildman–Crippen MR) is 135 cm³/mol. The van der Waals surface area contributed by atoms with Crippen LogP contribution in [-0.2, 0) is 17.9 Å². The van der Waals surface area contributed by atoms with E-state index in [1.807, 2.05) is 11.0 Å². The summed E-state index contributed by atoms with van der Waals surface area (Å²) in [7, 11) is 0. The average Bonchev–Trinajstić information content (AvgIpc) is 3.53. The molecule has 1 aliphatic rings. The summed E-state index contributed by atoms with van der Waals surface area (Å²) in [6.45, 7) is 6.79. The van der Waals surface area contributed by atoms with Crippen molar-refractivity contribution in [3.63, 3.8) is 0 Å². The zero-order chi connectivity index (χ0) is 26.1. The largest absolute Gasteiger partial charge is 0.368 e. The molecule has 10 nitrogen and oxygen atoms in total. The summed E-state index contributed by atoms with van der Waals surface area (Å²) < 4.78 is 29.4. The lowest BCUT2D eigenvalue weighted by Crippen LogP contribution is -2.49. The van der Waals surface area contributed by atoms with E-state index in [-0.39, 0.29) is 36.0 Å². The van der Waals surface area contributed by atoms with Crippen LogP contribution in [0.2, 0.25) is 0 Å². The van der Waals surface area contributed by atoms with Gasteiger partial charge in [-0.2, -0.15) is 5.10 Å². The van der Waals surface area contributed by atoms with Crippen LogP contribution < -0.4 is 10.5 Å². The van der Waals surface area contributed by atoms with Crippen LogP contribution in [0, 0.1) is 6.92 Å². The number of hydrogen-bond donors (Lipinski definition) is 1. The number of nitrogens with one attached hydrogen (secondary N) is 1. The lowest BCUT2D eigenvalue weighted by molar-refractivity contribution is -0.132. The molecular weight excluding hydrogens is 482 g/mol. The van der Waals surface area contributed by atoms with Crippen LogP contribution in [0.15, 0.2) is 41.5 Å². The number of fused-ring (bicyclic) bond motifs is 1. The van der Waals surface area contributed by atoms with E-state index in [1.54, 1.807) is 13.1 Å². The molecule has 0 bridgehead atoms. The summed E-state index contributed by atoms with van der Waals surface area (Å²) in [5.41, 5.74) is 2.28. The zero-order valence-corrected chi connectivity index (χ0v) is 20.7. The minimum absolute atomic E-state index is 0.0474. The molecule has 1 amide bonds. The number of aromatic nitrogens is 6. The van der Waals surface area contributed by atoms with Gasteiger partial charge in [0.25, 0.3) is 12.0 Å². The first-order valence-corrected chi connectivity index (χ1v) is 12.2. The number of carbonyl (C=O) groups excluding carboxylic acids is 1. The van der Waals surface area contributed by atoms with Crippen LogP contribution >= 0.6 is 0 Å². The number of carbonyl (C=O) groups is 1. The van der Waals surface area contributed by atoms with E-state index >= 15 is 0 Å². The lowest BCUT2D eigenvalue weighted by Gasteiger charge is -2.36. The van der Waals surface area contributed by atoms with Gasteiger partial charge in [-0.15, -0.1) is 0 Å². The Bertz CT molecular complexity index is 1480. The second kappa shape index (κ2) is 10.1. The molecule has 0 saturated carbocycles. The van der Waals surface area contributed by atoms with Gasteiger partial charge in [-0.1, -0.05) is 19.1 Å². The van der Waals surface area contributed by atoms with Crippen LogP contribution in [0.1, 0.15) is 31.2 Å². The Morgan fingerprint density at radius 3 is 2.65 bits per heavy atom. The first-order valence-electron chi connectivity index (χ1n) is 12.2. The number of amides is 1. The predicted octanol–water partition coefficient (Wildman–Crippen LogP) is 2.99. The van der Waals surface area contributed by atoms with Crippen LogP contribution in [0.5, 0.6) is 0 Å². The molecule has 1 aromatic carbocycles. The van der Waals surface area contributed by atoms with Crippen molar-refractivity contribution in [2.75, 3.05) is 31.1 Å². The van der Waals surface area contributed by atoms with E-state index in [0.717, 1.165) is 23.3 Å². The molecule has 5 rings (SSSR count). The summed E-state index contributed by atoms with van der Waals surface area (Å²) in [4.78, 5) is 40.8. The fourth-order valence-corrected chi connectivity index (χ4v) is 4.59. The van der Waals surface area contributed by atoms with E-state index in [1.165, 1.54) is 16.4 Å². The van der Waals surface area contributed by atoms with Gasteiger partial charge < -0.3 is 14.8 Å². The van der Waals surface area contributed by atoms with Gasteiger partial charge in [-0.3, -0.25) is 18.8 Å². The molecule has 0 aliphatic carbocycles. The maximum Gasteiger partial charge on any atom is 0.295 e. The summed E-state index contributed by atoms with van der Waals surface area (Å²) >= 11 is 0. The number of benzene rings is 1. The third-order valence-electron chi connectivity index (χ3n) is 6.49. The molecule has 0 radical (unpaired) electrons. The highest BCUT2D eigenvalue weighted by Crippen LogP contribution is 2.22. The molecule has 1 N–H and O–H groups in total. The first-order chi connectivity index (χ1) is 17.8. The first kappa shape index (κ1) is 24.6. The van der Waals surface area contributed by atoms with Crippen molar-refractivity contribution in [2.24, 2.45) is 0 Å². The topological polar surface area (TPSA) is 105 Å². The maximum absolute atomic E-state index is 13.5. The second-order valence-corrected chi connectivity index (χ2v) is 9.14. The minimum atomic E-state index is -2.89. The molecule has 12 heteroatoms. The molecular formula is C25H28F2N8O2. The Morgan fingerprint density at radius 2 is 1.95 bits per heavy atom. The highest BCUT2D eigenvalue weighted by molar-refractivity contribution is 5.77. The number of hydrogen-bond acceptors (Lipinski definition) is 6. The Kier molecular flexibility index (Phi) is 6.72. The monoisotopic (exact) mass is 510 g/mol. The lowest BCUT2D eigenvalue weighted by atomic mass is 10.2. The van der Waals surface area contributed by atoms with Gasteiger partial charge in [-0.05, 0) is 31.0 Å². The third-order valence-corrected chi connectivity index (χ3v) is 6.49. The van der Waals surface area contributed by atoms with Crippen LogP contribution in [-0.4, -0.2) is 66.3 Å². The number of halogens is 2. The van der Waals surface area contributed by atoms with Crippen LogP contribution in [0.3, 0.4) is 0 Å². The molecule has 0 spiro atoms. The Labute approximate surface area is 211 Å². The Morgan fingerprint density at radius 1 is 1.16 bits per heavy atom. The molecule has 3 aromatic heterocycles. The number of piperazine rings is 1. The van der Waals surface area contributed by atoms with Crippen molar-refractivity contribution in [3.8, 4) is 11.4 Å². The number of rotatable bonds is 7. The normalized spacial score (nSPS) is 14.2. The van der Waals surface area contributed by atoms with Gasteiger partial charge in [0.2, 0.25) is 5.91 Å². The van der Waals surface area contributed by atoms with Gasteiger partial charge in [0, 0.05) is 44.6 Å². The molecule has 1 aliphatic heterocycles. The molecule has 4 aromatic rings. The fraction of sp³-hybridized carbons (Fsp3) is 0.400. The third kappa shape index (κ3) is 4.95. The van der Waals surface area contributed by atoms with E-state index in [2.05, 4.69) is 50.1 Å². The van der Waals surface area contributed by atoms with Gasteiger partial charge >= 0.3 is 0 Å². The molecule has 1 fully saturated rings. The summed E-state index contributed by atoms with van der Waals surface area (Å²) in [5.74, 6) is -0.366. The SMILES string of the molecule is CCCn1c(C(F)F)nc2nc(-c3cnn(CC(=O)N4CCN(c5cccc(C)c5)CC4)c3)[nH]c2c1=O. The number of alkyl halides is 2. The molecule has 1 saturated heterocycles. The summed E-state index contributed by atoms with van der Waals surface area (Å²) in [6.07, 6.45) is 0.766. The number of aryl methyl sites for hydroxylation is 1. The van der Waals surface area contributed by atoms with Gasteiger partial charge in [-0.25, -0.2) is 18.7 Å². The molecule has 4 heterocycles. The van der Waals surface area contributed by atoms with Gasteiger partial charge in [0.1, 0.15) is 12.4 Å². The average molecular weight is 511 g/mol. The van der Waals surface area contributed by atoms with Crippen molar-refractivity contribution in [3.05, 3.63) is 58.4 Å². The number of H-pyrrole nitrogens is 1. The van der Waals surface area contributed by atoms with Crippen molar-refractivity contribution >= 4 is 22.8 Å². The van der Waals surface area contributed by atoms with Crippen molar-refractivity contribution in [2.45, 2.75) is 39.8 Å². The molecule has 0 unspecified atom stereocenters. The quantitative estimate of drug-likeness (QED) is 0.410. The van der Waals surface area contributed by atoms with Crippen LogP contribution in [0.4, 0.5) is 14.5 Å². The van der Waals surface area contributed by atoms with E-state index < -0.39 is 17.8 Å². The van der Waals surface area contributed by atoms with Gasteiger partial charge in [0.05, 0.1) is 11.8 Å². The number of aromatic amines is 1. The summed E-state index contributed by atoms with van der Waals surface area (Å²) in [5, 5.41) is 4.26. The molecule has 37 heavy (non-hydrogen) atoms. The van der Waals surface area contributed by atoms with Crippen molar-refractivity contribution in [1.29, 1.82) is 0 Å². The molecule has 194 valence electrons. The number of imidazole rings is 1. The standard InChI is InChI=1S/C25H28F2N8O2/c1-3-7-35-24(21(26)27)31-23-20(25(35)37)29-22(30-23)17-13-28-34(14-17)15-19(36)33-10-8-32(9-11-33)18-6-4-5-16(2)12-18/h4-6,12-14,21H,3,7-11,15H2,1-2H3,(H,29,30). The highest BCUT2D eigenvalue weighted by atomic mass is 19.3. The zero-order valence-electron chi connectivity index (χ0n) is 20.7. The van der Waals surface area contributed by atoms with Crippen LogP contribution in [0.25, 0.3) is 22.6 Å². The minimum Gasteiger partial charge on any atom is -0.368 e. The smallest absolute Gasteiger partial charge is 0.295 e. The Hall–Kier alpha value is -4.09. The van der Waals surface area contributed by atoms with Gasteiger partial charge in [0.15, 0.2) is 17.0 Å². The number of nitrogens with zero attached hydrogens (tertiary/aromatic N) is 7. The molecule has 0 atom stereocenters. The number of anilines is 1.